The van der Waals surface area contributed by atoms with E-state index >= 15 is 0 Å². The molecule has 2 unspecified atom stereocenters. The minimum atomic E-state index is -0.692. The molecular formula is C18H27NO5. The van der Waals surface area contributed by atoms with Gasteiger partial charge in [0.15, 0.2) is 0 Å². The number of aliphatic hydroxyl groups is 1. The molecular weight excluding hydrogens is 310 g/mol. The van der Waals surface area contributed by atoms with Gasteiger partial charge in [-0.3, -0.25) is 9.59 Å². The number of methoxy groups -OCH3 is 1. The number of hydrogen-bond donors (Lipinski definition) is 1. The lowest BCUT2D eigenvalue weighted by molar-refractivity contribution is -0.145. The van der Waals surface area contributed by atoms with Crippen LogP contribution in [-0.4, -0.2) is 54.3 Å². The number of nitrogens with zero attached hydrogens (tertiary/aromatic N) is 1. The Balaban J connectivity index is 2.88. The summed E-state index contributed by atoms with van der Waals surface area (Å²) in [5, 5.41) is 9.64. The number of aliphatic hydroxyl groups excluding tert-OH is 1. The molecule has 0 heterocycles. The summed E-state index contributed by atoms with van der Waals surface area (Å²) in [5.41, 5.74) is 0.476. The Morgan fingerprint density at radius 2 is 1.67 bits per heavy atom. The fourth-order valence-electron chi connectivity index (χ4n) is 2.30. The molecule has 1 aromatic rings. The van der Waals surface area contributed by atoms with Gasteiger partial charge in [0.1, 0.15) is 5.75 Å². The quantitative estimate of drug-likeness (QED) is 0.735. The van der Waals surface area contributed by atoms with Crippen molar-refractivity contribution >= 4 is 11.9 Å². The molecule has 24 heavy (non-hydrogen) atoms. The van der Waals surface area contributed by atoms with Gasteiger partial charge in [0.05, 0.1) is 25.2 Å². The number of carbonyl (C=O) groups is 2. The molecule has 0 aliphatic heterocycles. The van der Waals surface area contributed by atoms with Gasteiger partial charge in [-0.15, -0.1) is 0 Å². The van der Waals surface area contributed by atoms with Crippen LogP contribution in [0.5, 0.6) is 5.75 Å². The third-order valence-electron chi connectivity index (χ3n) is 3.34. The maximum Gasteiger partial charge on any atom is 0.310 e. The van der Waals surface area contributed by atoms with Crippen molar-refractivity contribution < 1.29 is 24.2 Å². The highest BCUT2D eigenvalue weighted by Gasteiger charge is 2.23. The van der Waals surface area contributed by atoms with E-state index in [1.165, 1.54) is 12.0 Å². The molecule has 2 atom stereocenters. The van der Waals surface area contributed by atoms with E-state index in [9.17, 15) is 14.7 Å². The van der Waals surface area contributed by atoms with E-state index in [0.717, 1.165) is 0 Å². The van der Waals surface area contributed by atoms with Crippen LogP contribution in [0.2, 0.25) is 0 Å². The Kier molecular flexibility index (Phi) is 7.71. The molecule has 6 nitrogen and oxygen atoms in total. The minimum Gasteiger partial charge on any atom is -0.491 e. The maximum absolute atomic E-state index is 12.7. The Hall–Kier alpha value is -2.08. The smallest absolute Gasteiger partial charge is 0.310 e. The zero-order valence-corrected chi connectivity index (χ0v) is 15.0. The molecule has 0 aromatic heterocycles. The first-order valence-electron chi connectivity index (χ1n) is 8.06. The van der Waals surface area contributed by atoms with Crippen molar-refractivity contribution in [2.75, 3.05) is 20.2 Å². The van der Waals surface area contributed by atoms with Crippen molar-refractivity contribution in [3.63, 3.8) is 0 Å². The van der Waals surface area contributed by atoms with E-state index in [2.05, 4.69) is 0 Å². The summed E-state index contributed by atoms with van der Waals surface area (Å²) in [7, 11) is 1.31. The van der Waals surface area contributed by atoms with Crippen LogP contribution in [0.1, 0.15) is 38.1 Å². The average molecular weight is 337 g/mol. The Morgan fingerprint density at radius 1 is 1.08 bits per heavy atom. The fraction of sp³-hybridized carbons (Fsp3) is 0.556. The second-order valence-corrected chi connectivity index (χ2v) is 6.17. The predicted molar refractivity (Wildman–Crippen MR) is 91.0 cm³/mol. The highest BCUT2D eigenvalue weighted by Crippen LogP contribution is 2.16. The molecule has 0 saturated carbocycles. The topological polar surface area (TPSA) is 76.1 Å². The van der Waals surface area contributed by atoms with Crippen molar-refractivity contribution in [1.82, 2.24) is 4.90 Å². The summed E-state index contributed by atoms with van der Waals surface area (Å²) in [6.07, 6.45) is -0.637. The number of amides is 1. The second-order valence-electron chi connectivity index (χ2n) is 6.17. The van der Waals surface area contributed by atoms with Crippen LogP contribution in [0, 0.1) is 5.92 Å². The van der Waals surface area contributed by atoms with Crippen LogP contribution in [0.4, 0.5) is 0 Å². The van der Waals surface area contributed by atoms with Gasteiger partial charge in [-0.1, -0.05) is 6.92 Å². The largest absolute Gasteiger partial charge is 0.491 e. The molecule has 0 aliphatic rings. The number of rotatable bonds is 8. The molecule has 1 aromatic carbocycles. The number of carbonyl (C=O) groups excluding carboxylic acids is 2. The van der Waals surface area contributed by atoms with Gasteiger partial charge in [0.25, 0.3) is 5.91 Å². The van der Waals surface area contributed by atoms with E-state index in [0.29, 0.717) is 11.3 Å². The normalized spacial score (nSPS) is 13.3. The molecule has 1 N–H and O–H groups in total. The highest BCUT2D eigenvalue weighted by atomic mass is 16.5. The lowest BCUT2D eigenvalue weighted by atomic mass is 10.1. The zero-order valence-electron chi connectivity index (χ0n) is 15.0. The zero-order chi connectivity index (χ0) is 18.3. The average Bonchev–Trinajstić information content (AvgIpc) is 2.52. The molecule has 0 radical (unpaired) electrons. The van der Waals surface area contributed by atoms with Gasteiger partial charge in [-0.05, 0) is 45.0 Å². The molecule has 1 rings (SSSR count). The van der Waals surface area contributed by atoms with Crippen molar-refractivity contribution in [2.45, 2.75) is 39.9 Å². The van der Waals surface area contributed by atoms with Crippen LogP contribution in [0.25, 0.3) is 0 Å². The Morgan fingerprint density at radius 3 is 2.12 bits per heavy atom. The SMILES string of the molecule is COC(=O)C(C)CN(CC(C)O)C(=O)c1ccc(OC(C)C)cc1. The summed E-state index contributed by atoms with van der Waals surface area (Å²) >= 11 is 0. The summed E-state index contributed by atoms with van der Waals surface area (Å²) < 4.78 is 10.3. The maximum atomic E-state index is 12.7. The lowest BCUT2D eigenvalue weighted by Crippen LogP contribution is -2.41. The number of benzene rings is 1. The monoisotopic (exact) mass is 337 g/mol. The number of hydrogen-bond acceptors (Lipinski definition) is 5. The van der Waals surface area contributed by atoms with Crippen LogP contribution in [-0.2, 0) is 9.53 Å². The minimum absolute atomic E-state index is 0.0548. The summed E-state index contributed by atoms with van der Waals surface area (Å²) in [5.74, 6) is -0.422. The van der Waals surface area contributed by atoms with Gasteiger partial charge < -0.3 is 19.5 Å². The van der Waals surface area contributed by atoms with Gasteiger partial charge in [0, 0.05) is 18.7 Å². The first-order chi connectivity index (χ1) is 11.2. The van der Waals surface area contributed by atoms with Crippen molar-refractivity contribution in [1.29, 1.82) is 0 Å². The van der Waals surface area contributed by atoms with Crippen molar-refractivity contribution in [3.8, 4) is 5.75 Å². The van der Waals surface area contributed by atoms with Gasteiger partial charge in [-0.25, -0.2) is 0 Å². The fourth-order valence-corrected chi connectivity index (χ4v) is 2.30. The van der Waals surface area contributed by atoms with Crippen molar-refractivity contribution in [3.05, 3.63) is 29.8 Å². The van der Waals surface area contributed by atoms with Crippen molar-refractivity contribution in [2.24, 2.45) is 5.92 Å². The molecule has 0 bridgehead atoms. The Labute approximate surface area is 143 Å². The molecule has 6 heteroatoms. The third kappa shape index (κ3) is 6.20. The lowest BCUT2D eigenvalue weighted by Gasteiger charge is -2.26. The van der Waals surface area contributed by atoms with Crippen LogP contribution < -0.4 is 4.74 Å². The predicted octanol–water partition coefficient (Wildman–Crippen LogP) is 2.11. The van der Waals surface area contributed by atoms with Gasteiger partial charge in [0.2, 0.25) is 0 Å². The molecule has 0 aliphatic carbocycles. The molecule has 1 amide bonds. The first kappa shape index (κ1) is 20.0. The Bertz CT molecular complexity index is 539. The van der Waals surface area contributed by atoms with Crippen LogP contribution in [0.3, 0.4) is 0 Å². The van der Waals surface area contributed by atoms with E-state index in [-0.39, 0.29) is 31.1 Å². The first-order valence-corrected chi connectivity index (χ1v) is 8.06. The van der Waals surface area contributed by atoms with Crippen LogP contribution in [0.15, 0.2) is 24.3 Å². The molecule has 0 saturated heterocycles. The summed E-state index contributed by atoms with van der Waals surface area (Å²) in [6, 6.07) is 6.82. The van der Waals surface area contributed by atoms with E-state index in [4.69, 9.17) is 9.47 Å². The van der Waals surface area contributed by atoms with Gasteiger partial charge in [-0.2, -0.15) is 0 Å². The van der Waals surface area contributed by atoms with E-state index < -0.39 is 12.0 Å². The summed E-state index contributed by atoms with van der Waals surface area (Å²) in [4.78, 5) is 25.7. The van der Waals surface area contributed by atoms with Gasteiger partial charge >= 0.3 is 5.97 Å². The number of esters is 1. The second kappa shape index (κ2) is 9.27. The number of ether oxygens (including phenoxy) is 2. The molecule has 134 valence electrons. The highest BCUT2D eigenvalue weighted by molar-refractivity contribution is 5.94. The van der Waals surface area contributed by atoms with E-state index in [1.807, 2.05) is 13.8 Å². The third-order valence-corrected chi connectivity index (χ3v) is 3.34. The summed E-state index contributed by atoms with van der Waals surface area (Å²) in [6.45, 7) is 7.47. The molecule has 0 spiro atoms. The van der Waals surface area contributed by atoms with Crippen LogP contribution >= 0.6 is 0 Å². The van der Waals surface area contributed by atoms with E-state index in [1.54, 1.807) is 38.1 Å². The standard InChI is InChI=1S/C18H27NO5/c1-12(2)24-16-8-6-15(7-9-16)17(21)19(11-14(4)20)10-13(3)18(22)23-5/h6-9,12-14,20H,10-11H2,1-5H3. The molecule has 0 fully saturated rings.